The van der Waals surface area contributed by atoms with E-state index in [0.29, 0.717) is 12.5 Å². The van der Waals surface area contributed by atoms with E-state index < -0.39 is 0 Å². The van der Waals surface area contributed by atoms with Gasteiger partial charge in [0.1, 0.15) is 0 Å². The van der Waals surface area contributed by atoms with E-state index in [1.165, 1.54) is 21.4 Å². The second-order valence-electron chi connectivity index (χ2n) is 4.05. The van der Waals surface area contributed by atoms with Gasteiger partial charge in [-0.15, -0.1) is 0 Å². The van der Waals surface area contributed by atoms with E-state index in [-0.39, 0.29) is 11.2 Å². The first-order chi connectivity index (χ1) is 7.06. The highest BCUT2D eigenvalue weighted by Gasteiger charge is 2.07. The molecule has 1 aromatic rings. The van der Waals surface area contributed by atoms with Gasteiger partial charge in [0.25, 0.3) is 5.56 Å². The Morgan fingerprint density at radius 3 is 2.67 bits per heavy atom. The molecule has 0 saturated carbocycles. The third-order valence-corrected chi connectivity index (χ3v) is 2.52. The summed E-state index contributed by atoms with van der Waals surface area (Å²) in [7, 11) is 1.66. The lowest BCUT2D eigenvalue weighted by Crippen LogP contribution is -2.39. The maximum absolute atomic E-state index is 11.7. The SMILES string of the molecule is CCCC(C)Cn1c(=O)ccn(C)c1=O. The molecule has 0 aromatic carbocycles. The second kappa shape index (κ2) is 4.96. The number of hydrogen-bond donors (Lipinski definition) is 0. The van der Waals surface area contributed by atoms with Crippen molar-refractivity contribution in [1.82, 2.24) is 9.13 Å². The fraction of sp³-hybridized carbons (Fsp3) is 0.636. The summed E-state index contributed by atoms with van der Waals surface area (Å²) in [6.45, 7) is 4.67. The van der Waals surface area contributed by atoms with Gasteiger partial charge in [-0.2, -0.15) is 0 Å². The van der Waals surface area contributed by atoms with Crippen LogP contribution in [-0.4, -0.2) is 9.13 Å². The third-order valence-electron chi connectivity index (χ3n) is 2.52. The Bertz CT molecular complexity index is 431. The Kier molecular flexibility index (Phi) is 3.88. The van der Waals surface area contributed by atoms with E-state index in [1.54, 1.807) is 7.05 Å². The largest absolute Gasteiger partial charge is 0.330 e. The van der Waals surface area contributed by atoms with Gasteiger partial charge in [0.2, 0.25) is 0 Å². The Balaban J connectivity index is 2.99. The van der Waals surface area contributed by atoms with E-state index in [1.807, 2.05) is 0 Å². The van der Waals surface area contributed by atoms with Crippen molar-refractivity contribution < 1.29 is 0 Å². The molecule has 0 fully saturated rings. The molecule has 0 saturated heterocycles. The molecule has 1 rings (SSSR count). The number of aryl methyl sites for hydroxylation is 1. The highest BCUT2D eigenvalue weighted by Crippen LogP contribution is 2.05. The van der Waals surface area contributed by atoms with Crippen LogP contribution in [0.3, 0.4) is 0 Å². The van der Waals surface area contributed by atoms with Crippen LogP contribution in [0, 0.1) is 5.92 Å². The minimum absolute atomic E-state index is 0.207. The smallest absolute Gasteiger partial charge is 0.303 e. The highest BCUT2D eigenvalue weighted by molar-refractivity contribution is 4.85. The monoisotopic (exact) mass is 210 g/mol. The van der Waals surface area contributed by atoms with Crippen LogP contribution in [-0.2, 0) is 13.6 Å². The van der Waals surface area contributed by atoms with Gasteiger partial charge in [-0.1, -0.05) is 20.3 Å². The van der Waals surface area contributed by atoms with Crippen LogP contribution in [0.15, 0.2) is 21.9 Å². The zero-order valence-electron chi connectivity index (χ0n) is 9.56. The van der Waals surface area contributed by atoms with Crippen LogP contribution in [0.5, 0.6) is 0 Å². The summed E-state index contributed by atoms with van der Waals surface area (Å²) >= 11 is 0. The van der Waals surface area contributed by atoms with Gasteiger partial charge in [0.15, 0.2) is 0 Å². The average molecular weight is 210 g/mol. The predicted octanol–water partition coefficient (Wildman–Crippen LogP) is 0.983. The van der Waals surface area contributed by atoms with Gasteiger partial charge < -0.3 is 4.57 Å². The van der Waals surface area contributed by atoms with E-state index in [9.17, 15) is 9.59 Å². The summed E-state index contributed by atoms with van der Waals surface area (Å²) in [5.41, 5.74) is -0.438. The molecule has 0 aliphatic rings. The molecular weight excluding hydrogens is 192 g/mol. The van der Waals surface area contributed by atoms with E-state index in [2.05, 4.69) is 13.8 Å². The van der Waals surface area contributed by atoms with Crippen LogP contribution < -0.4 is 11.2 Å². The Morgan fingerprint density at radius 1 is 1.40 bits per heavy atom. The quantitative estimate of drug-likeness (QED) is 0.743. The van der Waals surface area contributed by atoms with Crippen LogP contribution >= 0.6 is 0 Å². The first-order valence-electron chi connectivity index (χ1n) is 5.32. The topological polar surface area (TPSA) is 44.0 Å². The van der Waals surface area contributed by atoms with Crippen LogP contribution in [0.1, 0.15) is 26.7 Å². The molecule has 0 spiro atoms. The summed E-state index contributed by atoms with van der Waals surface area (Å²) < 4.78 is 2.74. The van der Waals surface area contributed by atoms with E-state index in [0.717, 1.165) is 12.8 Å². The molecular formula is C11H18N2O2. The summed E-state index contributed by atoms with van der Waals surface area (Å²) in [5.74, 6) is 0.364. The van der Waals surface area contributed by atoms with Crippen LogP contribution in [0.2, 0.25) is 0 Å². The third kappa shape index (κ3) is 2.81. The maximum Gasteiger partial charge on any atom is 0.330 e. The number of rotatable bonds is 4. The Labute approximate surface area is 89.2 Å². The Morgan fingerprint density at radius 2 is 2.07 bits per heavy atom. The molecule has 4 heteroatoms. The number of aromatic nitrogens is 2. The van der Waals surface area contributed by atoms with Crippen molar-refractivity contribution in [3.05, 3.63) is 33.1 Å². The van der Waals surface area contributed by atoms with Crippen molar-refractivity contribution in [1.29, 1.82) is 0 Å². The van der Waals surface area contributed by atoms with Gasteiger partial charge in [0, 0.05) is 25.9 Å². The molecule has 4 nitrogen and oxygen atoms in total. The van der Waals surface area contributed by atoms with Crippen molar-refractivity contribution in [2.24, 2.45) is 13.0 Å². The molecule has 0 aliphatic carbocycles. The molecule has 0 bridgehead atoms. The molecule has 1 heterocycles. The van der Waals surface area contributed by atoms with Crippen molar-refractivity contribution in [3.8, 4) is 0 Å². The Hall–Kier alpha value is -1.32. The molecule has 0 aliphatic heterocycles. The highest BCUT2D eigenvalue weighted by atomic mass is 16.2. The maximum atomic E-state index is 11.7. The van der Waals surface area contributed by atoms with Crippen molar-refractivity contribution in [3.63, 3.8) is 0 Å². The first kappa shape index (κ1) is 11.8. The van der Waals surface area contributed by atoms with Gasteiger partial charge in [0.05, 0.1) is 0 Å². The second-order valence-corrected chi connectivity index (χ2v) is 4.05. The van der Waals surface area contributed by atoms with Crippen molar-refractivity contribution in [2.75, 3.05) is 0 Å². The van der Waals surface area contributed by atoms with Crippen molar-refractivity contribution in [2.45, 2.75) is 33.2 Å². The summed E-state index contributed by atoms with van der Waals surface area (Å²) in [6.07, 6.45) is 3.61. The molecule has 15 heavy (non-hydrogen) atoms. The first-order valence-corrected chi connectivity index (χ1v) is 5.32. The van der Waals surface area contributed by atoms with Crippen LogP contribution in [0.25, 0.3) is 0 Å². The normalized spacial score (nSPS) is 12.7. The van der Waals surface area contributed by atoms with Crippen LogP contribution in [0.4, 0.5) is 0 Å². The molecule has 1 atom stereocenters. The van der Waals surface area contributed by atoms with Crippen molar-refractivity contribution >= 4 is 0 Å². The molecule has 84 valence electrons. The number of nitrogens with zero attached hydrogens (tertiary/aromatic N) is 2. The number of hydrogen-bond acceptors (Lipinski definition) is 2. The van der Waals surface area contributed by atoms with Gasteiger partial charge in [-0.25, -0.2) is 4.79 Å². The lowest BCUT2D eigenvalue weighted by molar-refractivity contribution is 0.420. The van der Waals surface area contributed by atoms with Gasteiger partial charge in [-0.3, -0.25) is 9.36 Å². The average Bonchev–Trinajstić information content (AvgIpc) is 2.19. The zero-order valence-corrected chi connectivity index (χ0v) is 9.56. The molecule has 0 amide bonds. The zero-order chi connectivity index (χ0) is 11.4. The van der Waals surface area contributed by atoms with Gasteiger partial charge in [-0.05, 0) is 12.3 Å². The fourth-order valence-electron chi connectivity index (χ4n) is 1.68. The molecule has 1 aromatic heterocycles. The summed E-state index contributed by atoms with van der Waals surface area (Å²) in [4.78, 5) is 23.1. The minimum Gasteiger partial charge on any atom is -0.303 e. The standard InChI is InChI=1S/C11H18N2O2/c1-4-5-9(2)8-13-10(14)6-7-12(3)11(13)15/h6-7,9H,4-5,8H2,1-3H3. The summed E-state index contributed by atoms with van der Waals surface area (Å²) in [6, 6.07) is 1.43. The molecule has 1 unspecified atom stereocenters. The lowest BCUT2D eigenvalue weighted by atomic mass is 10.1. The van der Waals surface area contributed by atoms with Gasteiger partial charge >= 0.3 is 5.69 Å². The van der Waals surface area contributed by atoms with E-state index in [4.69, 9.17) is 0 Å². The molecule has 0 radical (unpaired) electrons. The predicted molar refractivity (Wildman–Crippen MR) is 60.0 cm³/mol. The minimum atomic E-state index is -0.231. The lowest BCUT2D eigenvalue weighted by Gasteiger charge is -2.12. The van der Waals surface area contributed by atoms with E-state index >= 15 is 0 Å². The molecule has 0 N–H and O–H groups in total. The fourth-order valence-corrected chi connectivity index (χ4v) is 1.68. The summed E-state index contributed by atoms with van der Waals surface area (Å²) in [5, 5.41) is 0.